The molecule has 1 N–H and O–H groups in total. The fraction of sp³-hybridized carbons (Fsp3) is 0.714. The number of aromatic nitrogens is 2. The molecule has 0 radical (unpaired) electrons. The number of nitrogens with one attached hydrogen (secondary N) is 1. The van der Waals surface area contributed by atoms with Gasteiger partial charge >= 0.3 is 0 Å². The minimum absolute atomic E-state index is 0.0448. The van der Waals surface area contributed by atoms with E-state index >= 15 is 0 Å². The highest BCUT2D eigenvalue weighted by molar-refractivity contribution is 6.19. The molecule has 0 atom stereocenters. The number of amides is 1. The number of aryl methyl sites for hydroxylation is 2. The van der Waals surface area contributed by atoms with Gasteiger partial charge < -0.3 is 5.32 Å². The van der Waals surface area contributed by atoms with Gasteiger partial charge in [-0.1, -0.05) is 19.8 Å². The van der Waals surface area contributed by atoms with Gasteiger partial charge in [-0.2, -0.15) is 5.10 Å². The van der Waals surface area contributed by atoms with E-state index in [0.717, 1.165) is 37.8 Å². The molecular formula is C14H22ClN3O. The van der Waals surface area contributed by atoms with Gasteiger partial charge in [0.05, 0.1) is 11.2 Å². The van der Waals surface area contributed by atoms with Crippen molar-refractivity contribution in [3.63, 3.8) is 0 Å². The van der Waals surface area contributed by atoms with Crippen molar-refractivity contribution in [2.45, 2.75) is 58.0 Å². The van der Waals surface area contributed by atoms with Gasteiger partial charge in [0.15, 0.2) is 0 Å². The summed E-state index contributed by atoms with van der Waals surface area (Å²) in [5, 5.41) is 7.55. The van der Waals surface area contributed by atoms with Gasteiger partial charge in [-0.15, -0.1) is 11.6 Å². The quantitative estimate of drug-likeness (QED) is 0.845. The first kappa shape index (κ1) is 14.4. The summed E-state index contributed by atoms with van der Waals surface area (Å²) in [6.07, 6.45) is 5.07. The lowest BCUT2D eigenvalue weighted by Gasteiger charge is -2.27. The van der Waals surface area contributed by atoms with Crippen molar-refractivity contribution in [1.29, 1.82) is 0 Å². The average Bonchev–Trinajstić information content (AvgIpc) is 3.05. The molecule has 1 aliphatic rings. The minimum atomic E-state index is -0.214. The van der Waals surface area contributed by atoms with Crippen LogP contribution < -0.4 is 5.32 Å². The Morgan fingerprint density at radius 3 is 2.68 bits per heavy atom. The lowest BCUT2D eigenvalue weighted by atomic mass is 10.0. The van der Waals surface area contributed by atoms with Gasteiger partial charge in [-0.3, -0.25) is 9.48 Å². The first-order valence-corrected chi connectivity index (χ1v) is 7.63. The molecule has 0 aliphatic heterocycles. The highest BCUT2D eigenvalue weighted by Crippen LogP contribution is 2.31. The zero-order chi connectivity index (χ0) is 13.9. The lowest BCUT2D eigenvalue weighted by Crippen LogP contribution is -2.48. The van der Waals surface area contributed by atoms with Crippen LogP contribution in [-0.2, 0) is 13.0 Å². The third-order valence-electron chi connectivity index (χ3n) is 3.92. The summed E-state index contributed by atoms with van der Waals surface area (Å²) in [5.74, 6) is 0.441. The van der Waals surface area contributed by atoms with E-state index < -0.39 is 0 Å². The van der Waals surface area contributed by atoms with Crippen LogP contribution in [0.2, 0.25) is 0 Å². The first-order valence-electron chi connectivity index (χ1n) is 7.09. The Labute approximate surface area is 119 Å². The van der Waals surface area contributed by atoms with Gasteiger partial charge in [0.2, 0.25) is 0 Å². The van der Waals surface area contributed by atoms with Gasteiger partial charge in [-0.25, -0.2) is 0 Å². The second-order valence-electron chi connectivity index (χ2n) is 5.27. The summed E-state index contributed by atoms with van der Waals surface area (Å²) in [7, 11) is 0. The molecule has 2 rings (SSSR count). The van der Waals surface area contributed by atoms with Gasteiger partial charge in [0.1, 0.15) is 5.69 Å². The molecule has 0 aromatic carbocycles. The van der Waals surface area contributed by atoms with E-state index in [1.807, 2.05) is 19.9 Å². The van der Waals surface area contributed by atoms with Crippen LogP contribution in [0.5, 0.6) is 0 Å². The normalized spacial score (nSPS) is 17.6. The number of carbonyl (C=O) groups is 1. The minimum Gasteiger partial charge on any atom is -0.344 e. The largest absolute Gasteiger partial charge is 0.344 e. The molecule has 19 heavy (non-hydrogen) atoms. The fourth-order valence-corrected chi connectivity index (χ4v) is 3.05. The van der Waals surface area contributed by atoms with E-state index in [1.54, 1.807) is 4.68 Å². The second kappa shape index (κ2) is 5.95. The van der Waals surface area contributed by atoms with Crippen LogP contribution in [0.3, 0.4) is 0 Å². The molecule has 0 unspecified atom stereocenters. The highest BCUT2D eigenvalue weighted by atomic mass is 35.5. The van der Waals surface area contributed by atoms with E-state index in [2.05, 4.69) is 10.4 Å². The topological polar surface area (TPSA) is 46.9 Å². The SMILES string of the molecule is CCc1cc(C(=O)NC2(CCl)CCCC2)n(CC)n1. The molecule has 0 spiro atoms. The van der Waals surface area contributed by atoms with Crippen LogP contribution in [0.25, 0.3) is 0 Å². The zero-order valence-electron chi connectivity index (χ0n) is 11.7. The van der Waals surface area contributed by atoms with Crippen molar-refractivity contribution < 1.29 is 4.79 Å². The second-order valence-corrected chi connectivity index (χ2v) is 5.53. The maximum Gasteiger partial charge on any atom is 0.270 e. The number of rotatable bonds is 5. The zero-order valence-corrected chi connectivity index (χ0v) is 12.5. The number of halogens is 1. The van der Waals surface area contributed by atoms with E-state index in [1.165, 1.54) is 0 Å². The number of nitrogens with zero attached hydrogens (tertiary/aromatic N) is 2. The summed E-state index contributed by atoms with van der Waals surface area (Å²) in [6.45, 7) is 4.74. The van der Waals surface area contributed by atoms with Crippen molar-refractivity contribution in [2.75, 3.05) is 5.88 Å². The maximum absolute atomic E-state index is 12.4. The smallest absolute Gasteiger partial charge is 0.270 e. The number of hydrogen-bond donors (Lipinski definition) is 1. The Balaban J connectivity index is 2.17. The van der Waals surface area contributed by atoms with Crippen LogP contribution in [0.15, 0.2) is 6.07 Å². The Hall–Kier alpha value is -1.03. The molecule has 106 valence electrons. The van der Waals surface area contributed by atoms with Crippen LogP contribution >= 0.6 is 11.6 Å². The number of alkyl halides is 1. The standard InChI is InChI=1S/C14H22ClN3O/c1-3-11-9-12(18(4-2)17-11)13(19)16-14(10-15)7-5-6-8-14/h9H,3-8,10H2,1-2H3,(H,16,19). The third kappa shape index (κ3) is 2.94. The Kier molecular flexibility index (Phi) is 4.50. The summed E-state index contributed by atoms with van der Waals surface area (Å²) in [6, 6.07) is 1.88. The Bertz CT molecular complexity index is 450. The van der Waals surface area contributed by atoms with Crippen molar-refractivity contribution >= 4 is 17.5 Å². The molecule has 0 bridgehead atoms. The fourth-order valence-electron chi connectivity index (χ4n) is 2.72. The van der Waals surface area contributed by atoms with Crippen molar-refractivity contribution in [2.24, 2.45) is 0 Å². The summed E-state index contributed by atoms with van der Waals surface area (Å²) >= 11 is 6.07. The van der Waals surface area contributed by atoms with Crippen molar-refractivity contribution in [1.82, 2.24) is 15.1 Å². The third-order valence-corrected chi connectivity index (χ3v) is 4.43. The molecule has 4 nitrogen and oxygen atoms in total. The van der Waals surface area contributed by atoms with E-state index in [0.29, 0.717) is 18.1 Å². The molecule has 1 aromatic rings. The molecule has 5 heteroatoms. The first-order chi connectivity index (χ1) is 9.14. The van der Waals surface area contributed by atoms with Crippen molar-refractivity contribution in [3.8, 4) is 0 Å². The summed E-state index contributed by atoms with van der Waals surface area (Å²) in [4.78, 5) is 12.4. The molecule has 1 fully saturated rings. The molecule has 1 saturated carbocycles. The van der Waals surface area contributed by atoms with Gasteiger partial charge in [0.25, 0.3) is 5.91 Å². The Morgan fingerprint density at radius 1 is 1.47 bits per heavy atom. The molecule has 1 amide bonds. The van der Waals surface area contributed by atoms with E-state index in [4.69, 9.17) is 11.6 Å². The van der Waals surface area contributed by atoms with E-state index in [9.17, 15) is 4.79 Å². The number of carbonyl (C=O) groups excluding carboxylic acids is 1. The predicted octanol–water partition coefficient (Wildman–Crippen LogP) is 2.75. The Morgan fingerprint density at radius 2 is 2.16 bits per heavy atom. The van der Waals surface area contributed by atoms with Crippen molar-refractivity contribution in [3.05, 3.63) is 17.5 Å². The lowest BCUT2D eigenvalue weighted by molar-refractivity contribution is 0.0898. The van der Waals surface area contributed by atoms with Crippen LogP contribution in [0.1, 0.15) is 55.7 Å². The highest BCUT2D eigenvalue weighted by Gasteiger charge is 2.35. The van der Waals surface area contributed by atoms with Gasteiger partial charge in [-0.05, 0) is 32.3 Å². The predicted molar refractivity (Wildman–Crippen MR) is 76.7 cm³/mol. The molecule has 1 aliphatic carbocycles. The number of hydrogen-bond acceptors (Lipinski definition) is 2. The molecule has 0 saturated heterocycles. The van der Waals surface area contributed by atoms with Gasteiger partial charge in [0, 0.05) is 12.4 Å². The monoisotopic (exact) mass is 283 g/mol. The van der Waals surface area contributed by atoms with Crippen LogP contribution in [-0.4, -0.2) is 27.1 Å². The van der Waals surface area contributed by atoms with Crippen LogP contribution in [0, 0.1) is 0 Å². The molecule has 1 heterocycles. The van der Waals surface area contributed by atoms with Crippen LogP contribution in [0.4, 0.5) is 0 Å². The maximum atomic E-state index is 12.4. The average molecular weight is 284 g/mol. The summed E-state index contributed by atoms with van der Waals surface area (Å²) in [5.41, 5.74) is 1.39. The molecule has 1 aromatic heterocycles. The molecular weight excluding hydrogens is 262 g/mol. The van der Waals surface area contributed by atoms with E-state index in [-0.39, 0.29) is 11.4 Å². The summed E-state index contributed by atoms with van der Waals surface area (Å²) < 4.78 is 1.77.